The Morgan fingerprint density at radius 2 is 0.947 bits per heavy atom. The number of fused-ring (bicyclic) bond motifs is 5. The average Bonchev–Trinajstić information content (AvgIpc) is 3.64. The van der Waals surface area contributed by atoms with E-state index in [1.165, 1.54) is 93.7 Å². The average molecular weight is 720 g/mol. The maximum Gasteiger partial charge on any atom is 0.143 e. The molecule has 9 aromatic rings. The molecule has 8 aromatic carbocycles. The highest BCUT2D eigenvalue weighted by atomic mass is 16.3. The van der Waals surface area contributed by atoms with Crippen LogP contribution in [-0.4, -0.2) is 70.6 Å². The highest BCUT2D eigenvalue weighted by molar-refractivity contribution is 6.69. The summed E-state index contributed by atoms with van der Waals surface area (Å²) in [7, 11) is 20.7. The molecule has 262 valence electrons. The standard InChI is InChI=1S/C46H40B9NO/c47-35-33(27-14-6-12-25(21-27)23-9-2-1-3-10-23)36(48)41(53)44(40(35)52)56(45-42(54)38(50)37(49)39(51)43(45)55)28-15-7-13-26(22-28)29-17-8-18-32-34(29)31-20-19-24-11-4-5-16-30(24)46(31)57-32/h1-22H,47-55H2. The molecule has 1 heterocycles. The van der Waals surface area contributed by atoms with Gasteiger partial charge in [0.1, 0.15) is 81.8 Å². The van der Waals surface area contributed by atoms with Gasteiger partial charge in [-0.3, -0.25) is 0 Å². The molecule has 0 N–H and O–H groups in total. The van der Waals surface area contributed by atoms with Gasteiger partial charge in [-0.1, -0.05) is 147 Å². The van der Waals surface area contributed by atoms with Crippen LogP contribution in [0.1, 0.15) is 0 Å². The van der Waals surface area contributed by atoms with Gasteiger partial charge in [-0.2, -0.15) is 0 Å². The van der Waals surface area contributed by atoms with Crippen LogP contribution in [0.2, 0.25) is 0 Å². The smallest absolute Gasteiger partial charge is 0.143 e. The first-order valence-electron chi connectivity index (χ1n) is 20.1. The van der Waals surface area contributed by atoms with E-state index in [-0.39, 0.29) is 0 Å². The van der Waals surface area contributed by atoms with Crippen molar-refractivity contribution in [1.82, 2.24) is 0 Å². The number of benzene rings is 8. The van der Waals surface area contributed by atoms with Crippen molar-refractivity contribution >= 4 is 170 Å². The highest BCUT2D eigenvalue weighted by Crippen LogP contribution is 2.41. The Bertz CT molecular complexity index is 3030. The molecule has 0 saturated heterocycles. The zero-order valence-electron chi connectivity index (χ0n) is 34.6. The molecule has 0 aliphatic rings. The van der Waals surface area contributed by atoms with Crippen molar-refractivity contribution < 1.29 is 4.42 Å². The Kier molecular flexibility index (Phi) is 9.24. The van der Waals surface area contributed by atoms with Crippen molar-refractivity contribution in [1.29, 1.82) is 0 Å². The second kappa shape index (κ2) is 14.3. The van der Waals surface area contributed by atoms with E-state index in [1.807, 2.05) is 0 Å². The van der Waals surface area contributed by atoms with Crippen LogP contribution < -0.4 is 54.1 Å². The molecule has 0 saturated carbocycles. The maximum atomic E-state index is 6.64. The molecule has 11 heteroatoms. The molecular weight excluding hydrogens is 680 g/mol. The van der Waals surface area contributed by atoms with E-state index in [2.05, 4.69) is 209 Å². The number of furan rings is 1. The fraction of sp³-hybridized carbons (Fsp3) is 0. The molecule has 0 aliphatic carbocycles. The lowest BCUT2D eigenvalue weighted by Crippen LogP contribution is -2.57. The number of hydrogen-bond donors (Lipinski definition) is 0. The minimum atomic E-state index is 0.905. The van der Waals surface area contributed by atoms with E-state index in [4.69, 9.17) is 4.42 Å². The van der Waals surface area contributed by atoms with E-state index in [0.717, 1.165) is 38.6 Å². The molecule has 0 bridgehead atoms. The van der Waals surface area contributed by atoms with Crippen molar-refractivity contribution in [3.05, 3.63) is 133 Å². The van der Waals surface area contributed by atoms with Crippen LogP contribution in [0.15, 0.2) is 138 Å². The first-order valence-corrected chi connectivity index (χ1v) is 20.1. The summed E-state index contributed by atoms with van der Waals surface area (Å²) in [5, 5.41) is 4.62. The highest BCUT2D eigenvalue weighted by Gasteiger charge is 2.26. The molecule has 0 spiro atoms. The van der Waals surface area contributed by atoms with Crippen molar-refractivity contribution in [2.45, 2.75) is 0 Å². The fourth-order valence-corrected chi connectivity index (χ4v) is 9.34. The third kappa shape index (κ3) is 5.93. The van der Waals surface area contributed by atoms with E-state index in [9.17, 15) is 0 Å². The SMILES string of the molecule is Bc1c(B)c(B)c(N(c2cccc(-c3cccc4oc5c6ccccc6ccc5c34)c2)c2c(B)c(B)c(-c3cccc(-c4ccccc4)c3)c(B)c2B)c(B)c1B. The number of anilines is 3. The largest absolute Gasteiger partial charge is 0.455 e. The quantitative estimate of drug-likeness (QED) is 0.178. The number of rotatable bonds is 6. The van der Waals surface area contributed by atoms with Gasteiger partial charge in [-0.15, -0.1) is 5.46 Å². The minimum Gasteiger partial charge on any atom is -0.455 e. The predicted octanol–water partition coefficient (Wildman–Crippen LogP) is -2.46. The van der Waals surface area contributed by atoms with Gasteiger partial charge in [0, 0.05) is 33.2 Å². The van der Waals surface area contributed by atoms with Gasteiger partial charge >= 0.3 is 0 Å². The monoisotopic (exact) mass is 721 g/mol. The second-order valence-electron chi connectivity index (χ2n) is 16.0. The summed E-state index contributed by atoms with van der Waals surface area (Å²) >= 11 is 0. The van der Waals surface area contributed by atoms with E-state index in [1.54, 1.807) is 0 Å². The first kappa shape index (κ1) is 36.8. The summed E-state index contributed by atoms with van der Waals surface area (Å²) in [5.74, 6) is 0. The summed E-state index contributed by atoms with van der Waals surface area (Å²) in [5.41, 5.74) is 24.7. The molecule has 2 nitrogen and oxygen atoms in total. The number of nitrogens with zero attached hydrogens (tertiary/aromatic N) is 1. The van der Waals surface area contributed by atoms with Crippen LogP contribution in [0.25, 0.3) is 66.1 Å². The van der Waals surface area contributed by atoms with E-state index in [0.29, 0.717) is 0 Å². The molecule has 0 aliphatic heterocycles. The Morgan fingerprint density at radius 1 is 0.386 bits per heavy atom. The fourth-order valence-electron chi connectivity index (χ4n) is 9.34. The van der Waals surface area contributed by atoms with E-state index < -0.39 is 0 Å². The van der Waals surface area contributed by atoms with Gasteiger partial charge in [-0.25, -0.2) is 0 Å². The van der Waals surface area contributed by atoms with Crippen molar-refractivity contribution in [2.24, 2.45) is 0 Å². The minimum absolute atomic E-state index is 0.905. The van der Waals surface area contributed by atoms with Crippen LogP contribution in [-0.2, 0) is 0 Å². The normalized spacial score (nSPS) is 11.4. The van der Waals surface area contributed by atoms with Crippen molar-refractivity contribution in [3.8, 4) is 33.4 Å². The lowest BCUT2D eigenvalue weighted by molar-refractivity contribution is 0.673. The van der Waals surface area contributed by atoms with Gasteiger partial charge in [-0.05, 0) is 69.1 Å². The van der Waals surface area contributed by atoms with Crippen molar-refractivity contribution in [2.75, 3.05) is 4.90 Å². The van der Waals surface area contributed by atoms with Gasteiger partial charge in [0.15, 0.2) is 0 Å². The summed E-state index contributed by atoms with van der Waals surface area (Å²) in [6.07, 6.45) is 0. The molecule has 0 unspecified atom stereocenters. The lowest BCUT2D eigenvalue weighted by Gasteiger charge is -2.36. The molecule has 0 atom stereocenters. The molecule has 57 heavy (non-hydrogen) atoms. The van der Waals surface area contributed by atoms with Gasteiger partial charge < -0.3 is 9.32 Å². The predicted molar refractivity (Wildman–Crippen MR) is 276 cm³/mol. The Morgan fingerprint density at radius 3 is 1.67 bits per heavy atom. The third-order valence-electron chi connectivity index (χ3n) is 13.1. The topological polar surface area (TPSA) is 16.4 Å². The van der Waals surface area contributed by atoms with Crippen LogP contribution in [0, 0.1) is 0 Å². The Balaban J connectivity index is 1.28. The van der Waals surface area contributed by atoms with E-state index >= 15 is 0 Å². The van der Waals surface area contributed by atoms with Crippen molar-refractivity contribution in [3.63, 3.8) is 0 Å². The molecular formula is C46H40B9NO. The molecule has 0 fully saturated rings. The molecule has 0 radical (unpaired) electrons. The molecule has 0 amide bonds. The van der Waals surface area contributed by atoms with Crippen LogP contribution >= 0.6 is 0 Å². The zero-order valence-corrected chi connectivity index (χ0v) is 34.6. The summed E-state index contributed by atoms with van der Waals surface area (Å²) in [6.45, 7) is 0. The van der Waals surface area contributed by atoms with Gasteiger partial charge in [0.2, 0.25) is 0 Å². The summed E-state index contributed by atoms with van der Waals surface area (Å²) < 4.78 is 6.64. The Labute approximate surface area is 344 Å². The molecule has 1 aromatic heterocycles. The number of hydrogen-bond acceptors (Lipinski definition) is 2. The van der Waals surface area contributed by atoms with Gasteiger partial charge in [0.05, 0.1) is 0 Å². The van der Waals surface area contributed by atoms with Gasteiger partial charge in [0.25, 0.3) is 0 Å². The molecule has 9 rings (SSSR count). The summed E-state index contributed by atoms with van der Waals surface area (Å²) in [6, 6.07) is 48.3. The first-order chi connectivity index (χ1) is 27.5. The zero-order chi connectivity index (χ0) is 39.7. The van der Waals surface area contributed by atoms with Crippen LogP contribution in [0.3, 0.4) is 0 Å². The lowest BCUT2D eigenvalue weighted by atomic mass is 9.61. The van der Waals surface area contributed by atoms with Crippen LogP contribution in [0.4, 0.5) is 17.1 Å². The second-order valence-corrected chi connectivity index (χ2v) is 16.0. The maximum absolute atomic E-state index is 6.64. The Hall–Kier alpha value is -5.80. The van der Waals surface area contributed by atoms with Crippen LogP contribution in [0.5, 0.6) is 0 Å². The third-order valence-corrected chi connectivity index (χ3v) is 13.1. The summed E-state index contributed by atoms with van der Waals surface area (Å²) in [4.78, 5) is 2.57.